The molecule has 1 aliphatic rings. The number of aromatic hydroxyl groups is 1. The number of carbonyl (C=O) groups excluding carboxylic acids is 11. The molecule has 9 atom stereocenters. The molecule has 16 N–H and O–H groups in total. The number of rotatable bonds is 39. The summed E-state index contributed by atoms with van der Waals surface area (Å²) in [4.78, 5) is 164. The predicted molar refractivity (Wildman–Crippen MR) is 365 cm³/mol. The summed E-state index contributed by atoms with van der Waals surface area (Å²) < 4.78 is 0. The van der Waals surface area contributed by atoms with Crippen molar-refractivity contribution in [3.05, 3.63) is 138 Å². The van der Waals surface area contributed by atoms with Crippen LogP contribution in [0.5, 0.6) is 5.75 Å². The van der Waals surface area contributed by atoms with Gasteiger partial charge in [-0.2, -0.15) is 0 Å². The number of carbonyl (C=O) groups is 11. The molecule has 97 heavy (non-hydrogen) atoms. The molecule has 6 aromatic rings. The highest BCUT2D eigenvalue weighted by molar-refractivity contribution is 6.00. The Kier molecular flexibility index (Phi) is 27.5. The van der Waals surface area contributed by atoms with Crippen LogP contribution in [0.1, 0.15) is 108 Å². The summed E-state index contributed by atoms with van der Waals surface area (Å²) in [5.74, 6) is -10.6. The SMILES string of the molecule is CN=C(N)NCCC[C@H](CC(=O)[C@H](CC(C)C)NC(=O)NCC(=O)[C@H](Cc1ccccc1)NC(=O)[C@@H](CC(=O)[C@H](CC(=O)NC1CC1)NC(=O)[C@H](CC(=O)[C@@H](Cc1ccc(O)cc1)NC(C)=O)Cc1c[nH]c2ccccc12)[C@@H](C)O)C(=O)N[C@@H](Cc1c[nH]c2ccccc12)C(N)=O. The molecule has 0 radical (unpaired) electrons. The molecule has 8 amide bonds. The number of Topliss-reactive ketones (excluding diaryl/α,β-unsaturated/α-hetero) is 4. The Morgan fingerprint density at radius 1 is 0.567 bits per heavy atom. The Balaban J connectivity index is 1.06. The van der Waals surface area contributed by atoms with Gasteiger partial charge in [-0.3, -0.25) is 52.9 Å². The maximum absolute atomic E-state index is 14.8. The van der Waals surface area contributed by atoms with Gasteiger partial charge < -0.3 is 74.2 Å². The van der Waals surface area contributed by atoms with Crippen LogP contribution in [0.25, 0.3) is 21.8 Å². The van der Waals surface area contributed by atoms with E-state index in [-0.39, 0.29) is 68.6 Å². The quantitative estimate of drug-likeness (QED) is 0.0149. The van der Waals surface area contributed by atoms with E-state index in [4.69, 9.17) is 11.5 Å². The number of hydrogen-bond donors (Lipinski definition) is 14. The number of para-hydroxylation sites is 2. The van der Waals surface area contributed by atoms with Crippen molar-refractivity contribution in [2.75, 3.05) is 20.1 Å². The Bertz CT molecular complexity index is 3770. The van der Waals surface area contributed by atoms with Gasteiger partial charge in [-0.05, 0) is 111 Å². The van der Waals surface area contributed by atoms with Gasteiger partial charge in [0.1, 0.15) is 11.8 Å². The molecular formula is C71H91N13O13. The van der Waals surface area contributed by atoms with Crippen molar-refractivity contribution in [1.82, 2.24) is 52.5 Å². The van der Waals surface area contributed by atoms with Gasteiger partial charge in [-0.1, -0.05) is 92.7 Å². The van der Waals surface area contributed by atoms with E-state index in [0.717, 1.165) is 27.4 Å². The minimum absolute atomic E-state index is 0.00675. The zero-order valence-corrected chi connectivity index (χ0v) is 55.4. The van der Waals surface area contributed by atoms with E-state index in [0.29, 0.717) is 42.5 Å². The molecule has 0 unspecified atom stereocenters. The molecule has 26 heteroatoms. The lowest BCUT2D eigenvalue weighted by atomic mass is 9.88. The third-order valence-electron chi connectivity index (χ3n) is 17.1. The Labute approximate surface area is 562 Å². The number of phenolic OH excluding ortho intramolecular Hbond substituents is 1. The van der Waals surface area contributed by atoms with Crippen molar-refractivity contribution in [1.29, 1.82) is 0 Å². The van der Waals surface area contributed by atoms with Crippen LogP contribution in [-0.2, 0) is 73.6 Å². The molecule has 1 saturated carbocycles. The average Bonchev–Trinajstić information content (AvgIpc) is 1.75. The number of H-pyrrole nitrogens is 2. The van der Waals surface area contributed by atoms with E-state index in [1.165, 1.54) is 33.0 Å². The molecular weight excluding hydrogens is 1240 g/mol. The lowest BCUT2D eigenvalue weighted by Crippen LogP contribution is -2.53. The van der Waals surface area contributed by atoms with Gasteiger partial charge in [0.2, 0.25) is 35.4 Å². The minimum Gasteiger partial charge on any atom is -0.508 e. The first-order valence-corrected chi connectivity index (χ1v) is 32.8. The van der Waals surface area contributed by atoms with E-state index in [2.05, 4.69) is 57.5 Å². The molecule has 2 aromatic heterocycles. The zero-order chi connectivity index (χ0) is 70.3. The smallest absolute Gasteiger partial charge is 0.315 e. The second-order valence-electron chi connectivity index (χ2n) is 25.5. The number of guanidine groups is 1. The van der Waals surface area contributed by atoms with Gasteiger partial charge >= 0.3 is 6.03 Å². The molecule has 7 rings (SSSR count). The standard InChI is InChI=1S/C71H91N13O13/c1-40(2)28-56(61(88)33-45(16-13-27-75-70(73)74-5)67(94)83-60(66(72)93)32-48-38-77-55-20-12-10-18-52(48)55)84-71(97)78-39-64(91)58(29-43-14-7-6-8-15-43)82-69(96)53(41(3)85)35-63(90)59(36-65(92)80-49-23-24-49)81-68(95)46(31-47-37-76-54-19-11-9-17-51(47)54)34-62(89)57(79-42(4)86)30-44-21-25-50(87)26-22-44/h6-12,14-15,17-22,25-26,37-38,40-41,45-46,49,53,56-60,76-77,85,87H,13,16,23-24,27-36,39H2,1-5H3,(H2,72,93)(H,79,86)(H,80,92)(H,81,95)(H,82,96)(H,83,94)(H3,73,74,75)(H2,78,84,97)/t41-,45-,46+,53+,56+,57-,58+,59+,60+/m1/s1. The first-order chi connectivity index (χ1) is 46.3. The number of nitrogens with two attached hydrogens (primary N) is 2. The van der Waals surface area contributed by atoms with Crippen LogP contribution >= 0.6 is 0 Å². The molecule has 0 aliphatic heterocycles. The van der Waals surface area contributed by atoms with Gasteiger partial charge in [0.05, 0.1) is 49.2 Å². The maximum Gasteiger partial charge on any atom is 0.315 e. The van der Waals surface area contributed by atoms with Crippen LogP contribution in [0.15, 0.2) is 121 Å². The molecule has 4 aromatic carbocycles. The third-order valence-corrected chi connectivity index (χ3v) is 17.1. The number of aliphatic hydroxyl groups excluding tert-OH is 1. The molecule has 1 fully saturated rings. The van der Waals surface area contributed by atoms with Crippen LogP contribution in [0.2, 0.25) is 0 Å². The summed E-state index contributed by atoms with van der Waals surface area (Å²) in [6.45, 7) is 5.78. The molecule has 2 heterocycles. The van der Waals surface area contributed by atoms with Crippen molar-refractivity contribution in [3.8, 4) is 5.75 Å². The van der Waals surface area contributed by atoms with Crippen molar-refractivity contribution in [2.24, 2.45) is 40.1 Å². The number of aliphatic imine (C=N–C) groups is 1. The summed E-state index contributed by atoms with van der Waals surface area (Å²) in [5, 5.41) is 44.6. The van der Waals surface area contributed by atoms with Gasteiger partial charge in [-0.25, -0.2) is 4.79 Å². The molecule has 0 bridgehead atoms. The van der Waals surface area contributed by atoms with E-state index < -0.39 is 144 Å². The molecule has 518 valence electrons. The highest BCUT2D eigenvalue weighted by atomic mass is 16.3. The second-order valence-corrected chi connectivity index (χ2v) is 25.5. The van der Waals surface area contributed by atoms with Crippen molar-refractivity contribution in [2.45, 2.75) is 154 Å². The number of aromatic amines is 2. The normalized spacial score (nSPS) is 15.1. The van der Waals surface area contributed by atoms with Crippen LogP contribution in [0, 0.1) is 23.7 Å². The van der Waals surface area contributed by atoms with Crippen molar-refractivity contribution < 1.29 is 63.0 Å². The van der Waals surface area contributed by atoms with Crippen LogP contribution in [-0.4, -0.2) is 153 Å². The number of aromatic nitrogens is 2. The Morgan fingerprint density at radius 3 is 1.69 bits per heavy atom. The first kappa shape index (κ1) is 74.2. The fraction of sp³-hybridized carbons (Fsp3) is 0.437. The Morgan fingerprint density at radius 2 is 1.10 bits per heavy atom. The summed E-state index contributed by atoms with van der Waals surface area (Å²) >= 11 is 0. The van der Waals surface area contributed by atoms with E-state index in [1.54, 1.807) is 54.9 Å². The highest BCUT2D eigenvalue weighted by Crippen LogP contribution is 2.26. The molecule has 1 aliphatic carbocycles. The largest absolute Gasteiger partial charge is 0.508 e. The number of hydrogen-bond acceptors (Lipinski definition) is 14. The zero-order valence-electron chi connectivity index (χ0n) is 55.4. The monoisotopic (exact) mass is 1330 g/mol. The van der Waals surface area contributed by atoms with Crippen LogP contribution in [0.3, 0.4) is 0 Å². The number of ketones is 4. The number of nitrogens with one attached hydrogen (secondary N) is 10. The maximum atomic E-state index is 14.8. The third kappa shape index (κ3) is 23.3. The average molecular weight is 1330 g/mol. The van der Waals surface area contributed by atoms with Gasteiger partial charge in [-0.15, -0.1) is 0 Å². The topological polar surface area (TPSA) is 420 Å². The molecule has 0 saturated heterocycles. The van der Waals surface area contributed by atoms with Gasteiger partial charge in [0.25, 0.3) is 0 Å². The number of fused-ring (bicyclic) bond motifs is 2. The summed E-state index contributed by atoms with van der Waals surface area (Å²) in [7, 11) is 1.50. The highest BCUT2D eigenvalue weighted by Gasteiger charge is 2.38. The number of amides is 8. The van der Waals surface area contributed by atoms with Gasteiger partial charge in [0, 0.05) is 98.3 Å². The lowest BCUT2D eigenvalue weighted by molar-refractivity contribution is -0.138. The van der Waals surface area contributed by atoms with Crippen molar-refractivity contribution >= 4 is 92.4 Å². The summed E-state index contributed by atoms with van der Waals surface area (Å²) in [5.41, 5.74) is 15.8. The predicted octanol–water partition coefficient (Wildman–Crippen LogP) is 3.44. The molecule has 0 spiro atoms. The summed E-state index contributed by atoms with van der Waals surface area (Å²) in [6.07, 6.45) is 1.70. The number of phenols is 1. The number of benzene rings is 4. The summed E-state index contributed by atoms with van der Waals surface area (Å²) in [6, 6.07) is 21.9. The fourth-order valence-corrected chi connectivity index (χ4v) is 11.6. The van der Waals surface area contributed by atoms with Crippen LogP contribution < -0.4 is 54.0 Å². The van der Waals surface area contributed by atoms with E-state index in [1.807, 2.05) is 62.4 Å². The second kappa shape index (κ2) is 36.0. The van der Waals surface area contributed by atoms with E-state index in [9.17, 15) is 63.0 Å². The van der Waals surface area contributed by atoms with Crippen LogP contribution in [0.4, 0.5) is 4.79 Å². The van der Waals surface area contributed by atoms with Crippen molar-refractivity contribution in [3.63, 3.8) is 0 Å². The fourth-order valence-electron chi connectivity index (χ4n) is 11.6. The lowest BCUT2D eigenvalue weighted by Gasteiger charge is -2.27. The number of nitrogens with zero attached hydrogens (tertiary/aromatic N) is 1. The molecule has 26 nitrogen and oxygen atoms in total. The number of urea groups is 1. The number of aliphatic hydroxyl groups is 1. The number of primary amides is 1. The first-order valence-electron chi connectivity index (χ1n) is 32.8. The minimum atomic E-state index is -1.60. The van der Waals surface area contributed by atoms with Gasteiger partial charge in [0.15, 0.2) is 29.1 Å². The Hall–Kier alpha value is -10.2. The van der Waals surface area contributed by atoms with E-state index >= 15 is 0 Å².